The van der Waals surface area contributed by atoms with Crippen molar-refractivity contribution in [3.63, 3.8) is 0 Å². The second-order valence-corrected chi connectivity index (χ2v) is 7.17. The maximum atomic E-state index is 13.3. The summed E-state index contributed by atoms with van der Waals surface area (Å²) < 4.78 is 53.6. The number of benzene rings is 2. The average Bonchev–Trinajstić information content (AvgIpc) is 3.02. The average molecular weight is 438 g/mol. The lowest BCUT2D eigenvalue weighted by Gasteiger charge is -2.09. The number of rotatable bonds is 5. The molecule has 0 aliphatic carbocycles. The molecule has 30 heavy (non-hydrogen) atoms. The largest absolute Gasteiger partial charge is 0.573 e. The molecule has 0 radical (unpaired) electrons. The summed E-state index contributed by atoms with van der Waals surface area (Å²) in [5.41, 5.74) is 0.991. The van der Waals surface area contributed by atoms with Crippen molar-refractivity contribution < 1.29 is 31.9 Å². The standard InChI is InChI=1S/C20H14F4N2O3S/c1-11-9-16(26-18(27)12-3-2-4-13(21)10-12)30-17(11)19(28)25-14-5-7-15(8-6-14)29-20(22,23)24/h2-10H,1H3,(H,25,28)(H,26,27). The van der Waals surface area contributed by atoms with Crippen molar-refractivity contribution in [3.05, 3.63) is 76.4 Å². The zero-order valence-electron chi connectivity index (χ0n) is 15.3. The minimum atomic E-state index is -4.80. The SMILES string of the molecule is Cc1cc(NC(=O)c2cccc(F)c2)sc1C(=O)Nc1ccc(OC(F)(F)F)cc1. The van der Waals surface area contributed by atoms with Gasteiger partial charge in [0.05, 0.1) is 9.88 Å². The number of carbonyl (C=O) groups is 2. The summed E-state index contributed by atoms with van der Waals surface area (Å²) in [6.45, 7) is 1.67. The van der Waals surface area contributed by atoms with Gasteiger partial charge in [0.15, 0.2) is 0 Å². The second-order valence-electron chi connectivity index (χ2n) is 6.11. The van der Waals surface area contributed by atoms with E-state index < -0.39 is 29.7 Å². The van der Waals surface area contributed by atoms with Gasteiger partial charge in [-0.05, 0) is 61.0 Å². The second kappa shape index (κ2) is 8.54. The maximum absolute atomic E-state index is 13.3. The van der Waals surface area contributed by atoms with Gasteiger partial charge in [-0.1, -0.05) is 6.07 Å². The number of anilines is 2. The Hall–Kier alpha value is -3.40. The molecule has 0 aliphatic heterocycles. The number of carbonyl (C=O) groups excluding carboxylic acids is 2. The molecule has 0 saturated heterocycles. The van der Waals surface area contributed by atoms with E-state index in [1.54, 1.807) is 13.0 Å². The fraction of sp³-hybridized carbons (Fsp3) is 0.100. The molecule has 1 heterocycles. The molecule has 2 amide bonds. The summed E-state index contributed by atoms with van der Waals surface area (Å²) in [6.07, 6.45) is -4.80. The zero-order valence-corrected chi connectivity index (χ0v) is 16.2. The third kappa shape index (κ3) is 5.57. The fourth-order valence-electron chi connectivity index (χ4n) is 2.51. The number of nitrogens with one attached hydrogen (secondary N) is 2. The quantitative estimate of drug-likeness (QED) is 0.510. The first-order chi connectivity index (χ1) is 14.1. The minimum absolute atomic E-state index is 0.133. The predicted molar refractivity (Wildman–Crippen MR) is 104 cm³/mol. The van der Waals surface area contributed by atoms with Crippen molar-refractivity contribution in [2.75, 3.05) is 10.6 Å². The highest BCUT2D eigenvalue weighted by atomic mass is 32.1. The molecular formula is C20H14F4N2O3S. The molecule has 0 aliphatic rings. The van der Waals surface area contributed by atoms with Gasteiger partial charge in [0.1, 0.15) is 11.6 Å². The lowest BCUT2D eigenvalue weighted by molar-refractivity contribution is -0.274. The van der Waals surface area contributed by atoms with Crippen LogP contribution in [0.15, 0.2) is 54.6 Å². The number of hydrogen-bond donors (Lipinski definition) is 2. The van der Waals surface area contributed by atoms with Gasteiger partial charge in [0.2, 0.25) is 0 Å². The number of alkyl halides is 3. The number of thiophene rings is 1. The Morgan fingerprint density at radius 3 is 2.30 bits per heavy atom. The van der Waals surface area contributed by atoms with E-state index in [9.17, 15) is 27.2 Å². The lowest BCUT2D eigenvalue weighted by Crippen LogP contribution is -2.17. The Morgan fingerprint density at radius 2 is 1.67 bits per heavy atom. The summed E-state index contributed by atoms with van der Waals surface area (Å²) in [7, 11) is 0. The minimum Gasteiger partial charge on any atom is -0.406 e. The normalized spacial score (nSPS) is 11.1. The Bertz CT molecular complexity index is 1080. The number of amides is 2. The molecule has 0 bridgehead atoms. The van der Waals surface area contributed by atoms with E-state index in [2.05, 4.69) is 15.4 Å². The molecule has 2 N–H and O–H groups in total. The van der Waals surface area contributed by atoms with Crippen molar-refractivity contribution in [2.24, 2.45) is 0 Å². The molecule has 0 saturated carbocycles. The van der Waals surface area contributed by atoms with Crippen LogP contribution in [0.4, 0.5) is 28.3 Å². The van der Waals surface area contributed by atoms with E-state index >= 15 is 0 Å². The van der Waals surface area contributed by atoms with Crippen molar-refractivity contribution in [2.45, 2.75) is 13.3 Å². The molecule has 2 aromatic carbocycles. The van der Waals surface area contributed by atoms with Crippen molar-refractivity contribution in [1.29, 1.82) is 0 Å². The summed E-state index contributed by atoms with van der Waals surface area (Å²) in [5.74, 6) is -1.97. The van der Waals surface area contributed by atoms with Crippen LogP contribution in [-0.2, 0) is 0 Å². The Kier molecular flexibility index (Phi) is 6.06. The van der Waals surface area contributed by atoms with E-state index in [1.165, 1.54) is 30.3 Å². The number of aryl methyl sites for hydroxylation is 1. The molecule has 3 rings (SSSR count). The maximum Gasteiger partial charge on any atom is 0.573 e. The van der Waals surface area contributed by atoms with Gasteiger partial charge in [-0.25, -0.2) is 4.39 Å². The molecule has 10 heteroatoms. The van der Waals surface area contributed by atoms with Gasteiger partial charge in [-0.2, -0.15) is 0 Å². The third-order valence-electron chi connectivity index (χ3n) is 3.79. The van der Waals surface area contributed by atoms with Gasteiger partial charge in [0, 0.05) is 11.3 Å². The highest BCUT2D eigenvalue weighted by molar-refractivity contribution is 7.18. The molecule has 0 unspecified atom stereocenters. The van der Waals surface area contributed by atoms with Crippen LogP contribution >= 0.6 is 11.3 Å². The summed E-state index contributed by atoms with van der Waals surface area (Å²) in [4.78, 5) is 25.0. The topological polar surface area (TPSA) is 67.4 Å². The third-order valence-corrected chi connectivity index (χ3v) is 4.94. The highest BCUT2D eigenvalue weighted by Gasteiger charge is 2.31. The molecule has 0 spiro atoms. The van der Waals surface area contributed by atoms with Crippen molar-refractivity contribution in [3.8, 4) is 5.75 Å². The van der Waals surface area contributed by atoms with Crippen LogP contribution < -0.4 is 15.4 Å². The van der Waals surface area contributed by atoms with E-state index in [1.807, 2.05) is 0 Å². The predicted octanol–water partition coefficient (Wildman–Crippen LogP) is 5.60. The number of halogens is 4. The van der Waals surface area contributed by atoms with E-state index in [4.69, 9.17) is 0 Å². The molecule has 5 nitrogen and oxygen atoms in total. The Balaban J connectivity index is 1.67. The number of hydrogen-bond acceptors (Lipinski definition) is 4. The van der Waals surface area contributed by atoms with Gasteiger partial charge >= 0.3 is 6.36 Å². The Labute approximate surface area is 172 Å². The van der Waals surface area contributed by atoms with E-state index in [0.717, 1.165) is 29.5 Å². The van der Waals surface area contributed by atoms with E-state index in [0.29, 0.717) is 15.4 Å². The van der Waals surface area contributed by atoms with Gasteiger partial charge < -0.3 is 15.4 Å². The Morgan fingerprint density at radius 1 is 0.967 bits per heavy atom. The first-order valence-corrected chi connectivity index (χ1v) is 9.27. The van der Waals surface area contributed by atoms with Crippen LogP contribution in [0.3, 0.4) is 0 Å². The smallest absolute Gasteiger partial charge is 0.406 e. The summed E-state index contributed by atoms with van der Waals surface area (Å²) in [5, 5.41) is 5.56. The van der Waals surface area contributed by atoms with Crippen molar-refractivity contribution in [1.82, 2.24) is 0 Å². The van der Waals surface area contributed by atoms with Gasteiger partial charge in [-0.15, -0.1) is 24.5 Å². The van der Waals surface area contributed by atoms with Crippen LogP contribution in [-0.4, -0.2) is 18.2 Å². The first-order valence-electron chi connectivity index (χ1n) is 8.45. The van der Waals surface area contributed by atoms with Crippen molar-refractivity contribution >= 4 is 33.8 Å². The molecule has 0 fully saturated rings. The van der Waals surface area contributed by atoms with E-state index in [-0.39, 0.29) is 11.3 Å². The van der Waals surface area contributed by atoms with Crippen LogP contribution in [0.25, 0.3) is 0 Å². The zero-order chi connectivity index (χ0) is 21.9. The molecule has 0 atom stereocenters. The lowest BCUT2D eigenvalue weighted by atomic mass is 10.2. The fourth-order valence-corrected chi connectivity index (χ4v) is 3.47. The number of ether oxygens (including phenoxy) is 1. The first kappa shape index (κ1) is 21.3. The molecule has 3 aromatic rings. The van der Waals surface area contributed by atoms with Crippen LogP contribution in [0.2, 0.25) is 0 Å². The van der Waals surface area contributed by atoms with Crippen LogP contribution in [0.1, 0.15) is 25.6 Å². The van der Waals surface area contributed by atoms with Gasteiger partial charge in [-0.3, -0.25) is 9.59 Å². The highest BCUT2D eigenvalue weighted by Crippen LogP contribution is 2.29. The monoisotopic (exact) mass is 438 g/mol. The molecule has 156 valence electrons. The van der Waals surface area contributed by atoms with Gasteiger partial charge in [0.25, 0.3) is 11.8 Å². The molecule has 1 aromatic heterocycles. The molecular weight excluding hydrogens is 424 g/mol. The summed E-state index contributed by atoms with van der Waals surface area (Å²) >= 11 is 1.01. The van der Waals surface area contributed by atoms with Crippen LogP contribution in [0, 0.1) is 12.7 Å². The summed E-state index contributed by atoms with van der Waals surface area (Å²) in [6, 6.07) is 11.5. The van der Waals surface area contributed by atoms with Crippen LogP contribution in [0.5, 0.6) is 5.75 Å².